The van der Waals surface area contributed by atoms with E-state index >= 15 is 0 Å². The molecule has 180 valence electrons. The molecule has 1 aliphatic rings. The second-order valence-electron chi connectivity index (χ2n) is 7.83. The van der Waals surface area contributed by atoms with Crippen molar-refractivity contribution in [3.8, 4) is 11.6 Å². The molecule has 34 heavy (non-hydrogen) atoms. The van der Waals surface area contributed by atoms with Crippen LogP contribution in [0.4, 0.5) is 13.2 Å². The first-order chi connectivity index (χ1) is 16.1. The normalized spacial score (nSPS) is 14.9. The summed E-state index contributed by atoms with van der Waals surface area (Å²) >= 11 is 0. The van der Waals surface area contributed by atoms with Crippen LogP contribution in [-0.4, -0.2) is 51.5 Å². The zero-order chi connectivity index (χ0) is 24.6. The number of aromatic nitrogens is 3. The molecule has 1 aliphatic heterocycles. The van der Waals surface area contributed by atoms with Crippen LogP contribution in [-0.2, 0) is 7.05 Å². The second-order valence-corrected chi connectivity index (χ2v) is 7.83. The topological polar surface area (TPSA) is 95.7 Å². The molecule has 3 aromatic rings. The van der Waals surface area contributed by atoms with E-state index < -0.39 is 23.2 Å². The number of ether oxygens (including phenoxy) is 2. The van der Waals surface area contributed by atoms with Gasteiger partial charge in [-0.2, -0.15) is 4.98 Å². The van der Waals surface area contributed by atoms with Crippen molar-refractivity contribution in [1.29, 1.82) is 0 Å². The minimum Gasteiger partial charge on any atom is -0.481 e. The van der Waals surface area contributed by atoms with E-state index in [1.54, 1.807) is 17.0 Å². The Morgan fingerprint density at radius 1 is 1.03 bits per heavy atom. The van der Waals surface area contributed by atoms with E-state index in [4.69, 9.17) is 4.74 Å². The number of hydrogen-bond acceptors (Lipinski definition) is 6. The average molecular weight is 478 g/mol. The summed E-state index contributed by atoms with van der Waals surface area (Å²) in [4.78, 5) is 44.1. The first-order valence-corrected chi connectivity index (χ1v) is 10.4. The molecule has 0 bridgehead atoms. The van der Waals surface area contributed by atoms with Gasteiger partial charge in [0, 0.05) is 37.8 Å². The number of carbonyl (C=O) groups is 1. The summed E-state index contributed by atoms with van der Waals surface area (Å²) in [7, 11) is 2.95. The fraction of sp³-hybridized carbons (Fsp3) is 0.364. The summed E-state index contributed by atoms with van der Waals surface area (Å²) in [5, 5.41) is 0. The number of benzene rings is 1. The first-order valence-electron chi connectivity index (χ1n) is 10.4. The Morgan fingerprint density at radius 3 is 2.26 bits per heavy atom. The van der Waals surface area contributed by atoms with Crippen LogP contribution in [0, 0.1) is 0 Å². The molecule has 1 aromatic carbocycles. The van der Waals surface area contributed by atoms with E-state index in [9.17, 15) is 27.6 Å². The largest absolute Gasteiger partial charge is 0.573 e. The number of halogens is 3. The Labute approximate surface area is 190 Å². The molecule has 0 unspecified atom stereocenters. The third kappa shape index (κ3) is 4.47. The average Bonchev–Trinajstić information content (AvgIpc) is 2.82. The molecule has 0 aliphatic carbocycles. The molecule has 4 rings (SSSR count). The minimum absolute atomic E-state index is 0.218. The van der Waals surface area contributed by atoms with Crippen LogP contribution < -0.4 is 20.6 Å². The maximum atomic E-state index is 12.8. The maximum Gasteiger partial charge on any atom is 0.573 e. The van der Waals surface area contributed by atoms with E-state index in [0.717, 1.165) is 12.1 Å². The van der Waals surface area contributed by atoms with Gasteiger partial charge in [0.25, 0.3) is 5.91 Å². The maximum absolute atomic E-state index is 12.8. The van der Waals surface area contributed by atoms with Gasteiger partial charge in [-0.15, -0.1) is 13.2 Å². The minimum atomic E-state index is -4.81. The van der Waals surface area contributed by atoms with Gasteiger partial charge in [-0.3, -0.25) is 19.0 Å². The van der Waals surface area contributed by atoms with E-state index in [2.05, 4.69) is 9.72 Å². The van der Waals surface area contributed by atoms with Gasteiger partial charge in [-0.05, 0) is 43.2 Å². The predicted molar refractivity (Wildman–Crippen MR) is 115 cm³/mol. The van der Waals surface area contributed by atoms with Crippen LogP contribution in [0.15, 0.2) is 46.0 Å². The highest BCUT2D eigenvalue weighted by Gasteiger charge is 2.31. The van der Waals surface area contributed by atoms with Crippen molar-refractivity contribution in [2.24, 2.45) is 7.05 Å². The summed E-state index contributed by atoms with van der Waals surface area (Å²) in [6.45, 7) is 0.578. The monoisotopic (exact) mass is 478 g/mol. The van der Waals surface area contributed by atoms with Gasteiger partial charge in [-0.1, -0.05) is 0 Å². The second kappa shape index (κ2) is 8.84. The Bertz CT molecular complexity index is 1340. The molecular formula is C22H21F3N4O5. The third-order valence-corrected chi connectivity index (χ3v) is 5.79. The zero-order valence-electron chi connectivity index (χ0n) is 18.3. The van der Waals surface area contributed by atoms with Crippen molar-refractivity contribution >= 4 is 17.1 Å². The number of likely N-dealkylation sites (tertiary alicyclic amines) is 1. The van der Waals surface area contributed by atoms with Crippen LogP contribution in [0.3, 0.4) is 0 Å². The number of pyridine rings is 1. The van der Waals surface area contributed by atoms with Crippen molar-refractivity contribution in [3.63, 3.8) is 0 Å². The number of piperidine rings is 1. The number of methoxy groups -OCH3 is 1. The van der Waals surface area contributed by atoms with Gasteiger partial charge in [0.05, 0.1) is 12.6 Å². The lowest BCUT2D eigenvalue weighted by atomic mass is 10.0. The van der Waals surface area contributed by atoms with Crippen molar-refractivity contribution in [2.45, 2.75) is 25.2 Å². The number of rotatable bonds is 4. The molecule has 1 saturated heterocycles. The number of aryl methyl sites for hydroxylation is 1. The molecule has 0 N–H and O–H groups in total. The van der Waals surface area contributed by atoms with Gasteiger partial charge in [0.1, 0.15) is 5.75 Å². The number of carbonyl (C=O) groups excluding carboxylic acids is 1. The number of amides is 1. The van der Waals surface area contributed by atoms with E-state index in [0.29, 0.717) is 29.9 Å². The number of alkyl halides is 3. The zero-order valence-corrected chi connectivity index (χ0v) is 18.3. The fourth-order valence-electron chi connectivity index (χ4n) is 4.08. The molecule has 9 nitrogen and oxygen atoms in total. The molecule has 0 radical (unpaired) electrons. The Hall–Kier alpha value is -3.83. The quantitative estimate of drug-likeness (QED) is 0.535. The molecule has 0 atom stereocenters. The molecule has 12 heteroatoms. The highest BCUT2D eigenvalue weighted by Crippen LogP contribution is 2.27. The smallest absolute Gasteiger partial charge is 0.481 e. The summed E-state index contributed by atoms with van der Waals surface area (Å²) in [5.41, 5.74) is -0.378. The van der Waals surface area contributed by atoms with Gasteiger partial charge in [0.15, 0.2) is 5.65 Å². The standard InChI is InChI=1S/C22H21F3N4O5/c1-27-16-7-8-17(33-2)26-18(16)29(21(32)20(27)31)14-9-11-28(12-10-14)19(30)13-3-5-15(6-4-13)34-22(23,24)25/h3-8,14H,9-12H2,1-2H3. The molecule has 0 saturated carbocycles. The molecule has 3 heterocycles. The fourth-order valence-corrected chi connectivity index (χ4v) is 4.08. The Morgan fingerprint density at radius 2 is 1.68 bits per heavy atom. The van der Waals surface area contributed by atoms with Crippen molar-refractivity contribution in [2.75, 3.05) is 20.2 Å². The van der Waals surface area contributed by atoms with E-state index in [1.807, 2.05) is 0 Å². The first kappa shape index (κ1) is 23.3. The van der Waals surface area contributed by atoms with Crippen LogP contribution in [0.5, 0.6) is 11.6 Å². The Kier molecular flexibility index (Phi) is 6.07. The van der Waals surface area contributed by atoms with Crippen LogP contribution in [0.1, 0.15) is 29.2 Å². The number of nitrogens with zero attached hydrogens (tertiary/aromatic N) is 4. The predicted octanol–water partition coefficient (Wildman–Crippen LogP) is 2.48. The molecule has 0 spiro atoms. The van der Waals surface area contributed by atoms with Gasteiger partial charge in [-0.25, -0.2) is 0 Å². The highest BCUT2D eigenvalue weighted by molar-refractivity contribution is 5.94. The van der Waals surface area contributed by atoms with Crippen molar-refractivity contribution < 1.29 is 27.4 Å². The van der Waals surface area contributed by atoms with E-state index in [1.165, 1.54) is 35.4 Å². The van der Waals surface area contributed by atoms with Crippen LogP contribution in [0.2, 0.25) is 0 Å². The number of fused-ring (bicyclic) bond motifs is 1. The van der Waals surface area contributed by atoms with Gasteiger partial charge < -0.3 is 18.9 Å². The van der Waals surface area contributed by atoms with Crippen LogP contribution >= 0.6 is 0 Å². The van der Waals surface area contributed by atoms with Crippen LogP contribution in [0.25, 0.3) is 11.2 Å². The van der Waals surface area contributed by atoms with Crippen molar-refractivity contribution in [1.82, 2.24) is 19.0 Å². The summed E-state index contributed by atoms with van der Waals surface area (Å²) in [6, 6.07) is 7.59. The number of hydrogen-bond donors (Lipinski definition) is 0. The summed E-state index contributed by atoms with van der Waals surface area (Å²) in [5.74, 6) is -0.467. The van der Waals surface area contributed by atoms with Gasteiger partial charge in [0.2, 0.25) is 5.88 Å². The van der Waals surface area contributed by atoms with Gasteiger partial charge >= 0.3 is 17.5 Å². The SMILES string of the molecule is COc1ccc2c(n1)n(C1CCN(C(=O)c3ccc(OC(F)(F)F)cc3)CC1)c(=O)c(=O)n2C. The molecular weight excluding hydrogens is 457 g/mol. The third-order valence-electron chi connectivity index (χ3n) is 5.79. The molecule has 1 amide bonds. The van der Waals surface area contributed by atoms with Crippen molar-refractivity contribution in [3.05, 3.63) is 62.7 Å². The molecule has 2 aromatic heterocycles. The van der Waals surface area contributed by atoms with E-state index in [-0.39, 0.29) is 30.6 Å². The lowest BCUT2D eigenvalue weighted by molar-refractivity contribution is -0.274. The summed E-state index contributed by atoms with van der Waals surface area (Å²) in [6.07, 6.45) is -4.03. The molecule has 1 fully saturated rings. The lowest BCUT2D eigenvalue weighted by Crippen LogP contribution is -2.46. The summed E-state index contributed by atoms with van der Waals surface area (Å²) < 4.78 is 48.6. The highest BCUT2D eigenvalue weighted by atomic mass is 19.4. The lowest BCUT2D eigenvalue weighted by Gasteiger charge is -2.33. The Balaban J connectivity index is 1.55.